The number of aryl methyl sites for hydroxylation is 1. The molecule has 0 spiro atoms. The standard InChI is InChI=1S/C14H26N2OS/c1-6-10-7-8-11(18-10)9-12(16-15)13(17-5)14(2,3)4/h7-8,12-13,16H,6,9,15H2,1-5H3. The van der Waals surface area contributed by atoms with Gasteiger partial charge >= 0.3 is 0 Å². The van der Waals surface area contributed by atoms with Crippen molar-refractivity contribution in [3.63, 3.8) is 0 Å². The molecular formula is C14H26N2OS. The molecule has 104 valence electrons. The molecule has 0 aliphatic heterocycles. The van der Waals surface area contributed by atoms with Crippen LogP contribution in [0.15, 0.2) is 12.1 Å². The van der Waals surface area contributed by atoms with Crippen LogP contribution in [0.25, 0.3) is 0 Å². The molecule has 1 aromatic rings. The summed E-state index contributed by atoms with van der Waals surface area (Å²) < 4.78 is 5.64. The number of hydrogen-bond acceptors (Lipinski definition) is 4. The molecule has 2 unspecified atom stereocenters. The zero-order chi connectivity index (χ0) is 13.8. The number of hydrazine groups is 1. The highest BCUT2D eigenvalue weighted by molar-refractivity contribution is 7.11. The molecule has 1 aromatic heterocycles. The van der Waals surface area contributed by atoms with Gasteiger partial charge in [-0.25, -0.2) is 0 Å². The predicted octanol–water partition coefficient (Wildman–Crippen LogP) is 2.75. The molecule has 0 saturated heterocycles. The molecular weight excluding hydrogens is 244 g/mol. The molecule has 0 aromatic carbocycles. The SMILES string of the molecule is CCc1ccc(CC(NN)C(OC)C(C)(C)C)s1. The Morgan fingerprint density at radius 1 is 1.33 bits per heavy atom. The number of thiophene rings is 1. The lowest BCUT2D eigenvalue weighted by Crippen LogP contribution is -2.51. The van der Waals surface area contributed by atoms with Crippen LogP contribution in [0.2, 0.25) is 0 Å². The summed E-state index contributed by atoms with van der Waals surface area (Å²) in [5.74, 6) is 5.71. The van der Waals surface area contributed by atoms with Crippen molar-refractivity contribution in [1.29, 1.82) is 0 Å². The van der Waals surface area contributed by atoms with Crippen LogP contribution in [0.4, 0.5) is 0 Å². The lowest BCUT2D eigenvalue weighted by Gasteiger charge is -2.35. The lowest BCUT2D eigenvalue weighted by molar-refractivity contribution is -0.0108. The smallest absolute Gasteiger partial charge is 0.0789 e. The maximum absolute atomic E-state index is 5.71. The molecule has 3 nitrogen and oxygen atoms in total. The first-order valence-corrected chi connectivity index (χ1v) is 7.30. The molecule has 0 aliphatic carbocycles. The van der Waals surface area contributed by atoms with Gasteiger partial charge in [0.05, 0.1) is 12.1 Å². The quantitative estimate of drug-likeness (QED) is 0.617. The minimum atomic E-state index is 0.0661. The number of nitrogens with one attached hydrogen (secondary N) is 1. The van der Waals surface area contributed by atoms with E-state index in [4.69, 9.17) is 10.6 Å². The molecule has 0 radical (unpaired) electrons. The highest BCUT2D eigenvalue weighted by Gasteiger charge is 2.32. The summed E-state index contributed by atoms with van der Waals surface area (Å²) in [4.78, 5) is 2.78. The molecule has 1 rings (SSSR count). The van der Waals surface area contributed by atoms with Gasteiger partial charge < -0.3 is 4.74 Å². The molecule has 0 fully saturated rings. The lowest BCUT2D eigenvalue weighted by atomic mass is 9.83. The monoisotopic (exact) mass is 270 g/mol. The van der Waals surface area contributed by atoms with Crippen molar-refractivity contribution in [3.8, 4) is 0 Å². The second-order valence-corrected chi connectivity index (χ2v) is 6.97. The Morgan fingerprint density at radius 3 is 2.33 bits per heavy atom. The minimum absolute atomic E-state index is 0.0661. The first-order valence-electron chi connectivity index (χ1n) is 6.48. The maximum Gasteiger partial charge on any atom is 0.0789 e. The van der Waals surface area contributed by atoms with Gasteiger partial charge in [0, 0.05) is 23.3 Å². The van der Waals surface area contributed by atoms with Gasteiger partial charge in [-0.1, -0.05) is 27.7 Å². The summed E-state index contributed by atoms with van der Waals surface area (Å²) in [6.45, 7) is 8.72. The van der Waals surface area contributed by atoms with Gasteiger partial charge in [0.2, 0.25) is 0 Å². The van der Waals surface area contributed by atoms with Gasteiger partial charge in [-0.15, -0.1) is 11.3 Å². The van der Waals surface area contributed by atoms with E-state index in [0.29, 0.717) is 0 Å². The third-order valence-electron chi connectivity index (χ3n) is 3.17. The Bertz CT molecular complexity index is 357. The number of nitrogens with two attached hydrogens (primary N) is 1. The van der Waals surface area contributed by atoms with Crippen molar-refractivity contribution in [2.24, 2.45) is 11.3 Å². The summed E-state index contributed by atoms with van der Waals surface area (Å²) in [6.07, 6.45) is 2.10. The van der Waals surface area contributed by atoms with E-state index in [1.54, 1.807) is 7.11 Å². The minimum Gasteiger partial charge on any atom is -0.379 e. The third kappa shape index (κ3) is 4.05. The van der Waals surface area contributed by atoms with E-state index < -0.39 is 0 Å². The van der Waals surface area contributed by atoms with Crippen molar-refractivity contribution in [3.05, 3.63) is 21.9 Å². The molecule has 0 aliphatic rings. The van der Waals surface area contributed by atoms with Crippen molar-refractivity contribution in [2.45, 2.75) is 52.7 Å². The van der Waals surface area contributed by atoms with E-state index in [1.807, 2.05) is 11.3 Å². The van der Waals surface area contributed by atoms with Crippen LogP contribution in [-0.4, -0.2) is 19.3 Å². The Morgan fingerprint density at radius 2 is 1.94 bits per heavy atom. The van der Waals surface area contributed by atoms with Gasteiger partial charge in [-0.05, 0) is 24.0 Å². The fraction of sp³-hybridized carbons (Fsp3) is 0.714. The Balaban J connectivity index is 2.77. The Labute approximate surface area is 115 Å². The molecule has 3 N–H and O–H groups in total. The van der Waals surface area contributed by atoms with Crippen LogP contribution in [0.1, 0.15) is 37.4 Å². The Hall–Kier alpha value is -0.420. The topological polar surface area (TPSA) is 47.3 Å². The van der Waals surface area contributed by atoms with E-state index in [2.05, 4.69) is 45.3 Å². The van der Waals surface area contributed by atoms with E-state index in [9.17, 15) is 0 Å². The second kappa shape index (κ2) is 6.66. The summed E-state index contributed by atoms with van der Waals surface area (Å²) >= 11 is 1.86. The van der Waals surface area contributed by atoms with Crippen LogP contribution in [-0.2, 0) is 17.6 Å². The second-order valence-electron chi connectivity index (χ2n) is 5.72. The fourth-order valence-electron chi connectivity index (χ4n) is 2.31. The molecule has 0 amide bonds. The van der Waals surface area contributed by atoms with Gasteiger partial charge in [-0.2, -0.15) is 0 Å². The van der Waals surface area contributed by atoms with Gasteiger partial charge in [-0.3, -0.25) is 11.3 Å². The van der Waals surface area contributed by atoms with Crippen molar-refractivity contribution in [1.82, 2.24) is 5.43 Å². The van der Waals surface area contributed by atoms with Crippen LogP contribution < -0.4 is 11.3 Å². The number of hydrogen-bond donors (Lipinski definition) is 2. The molecule has 1 heterocycles. The highest BCUT2D eigenvalue weighted by Crippen LogP contribution is 2.27. The Kier molecular flexibility index (Phi) is 5.79. The fourth-order valence-corrected chi connectivity index (χ4v) is 3.33. The third-order valence-corrected chi connectivity index (χ3v) is 4.43. The van der Waals surface area contributed by atoms with Gasteiger partial charge in [0.15, 0.2) is 0 Å². The average molecular weight is 270 g/mol. The molecule has 0 saturated carbocycles. The van der Waals surface area contributed by atoms with Crippen LogP contribution >= 0.6 is 11.3 Å². The van der Waals surface area contributed by atoms with E-state index in [-0.39, 0.29) is 17.6 Å². The van der Waals surface area contributed by atoms with Crippen LogP contribution in [0.3, 0.4) is 0 Å². The summed E-state index contributed by atoms with van der Waals surface area (Å²) in [7, 11) is 1.76. The largest absolute Gasteiger partial charge is 0.379 e. The van der Waals surface area contributed by atoms with Gasteiger partial charge in [0.25, 0.3) is 0 Å². The van der Waals surface area contributed by atoms with Crippen molar-refractivity contribution in [2.75, 3.05) is 7.11 Å². The van der Waals surface area contributed by atoms with Crippen molar-refractivity contribution < 1.29 is 4.74 Å². The average Bonchev–Trinajstić information content (AvgIpc) is 2.74. The van der Waals surface area contributed by atoms with Crippen LogP contribution in [0.5, 0.6) is 0 Å². The first kappa shape index (κ1) is 15.6. The number of rotatable bonds is 6. The number of ether oxygens (including phenoxy) is 1. The molecule has 2 atom stereocenters. The number of methoxy groups -OCH3 is 1. The normalized spacial score (nSPS) is 15.7. The predicted molar refractivity (Wildman–Crippen MR) is 78.8 cm³/mol. The van der Waals surface area contributed by atoms with Gasteiger partial charge in [0.1, 0.15) is 0 Å². The summed E-state index contributed by atoms with van der Waals surface area (Å²) in [5.41, 5.74) is 2.98. The van der Waals surface area contributed by atoms with Crippen molar-refractivity contribution >= 4 is 11.3 Å². The van der Waals surface area contributed by atoms with E-state index in [0.717, 1.165) is 12.8 Å². The first-order chi connectivity index (χ1) is 8.42. The summed E-state index contributed by atoms with van der Waals surface area (Å²) in [5, 5.41) is 0. The molecule has 18 heavy (non-hydrogen) atoms. The zero-order valence-corrected chi connectivity index (χ0v) is 12.9. The van der Waals surface area contributed by atoms with E-state index in [1.165, 1.54) is 9.75 Å². The molecule has 4 heteroatoms. The zero-order valence-electron chi connectivity index (χ0n) is 12.1. The molecule has 0 bridgehead atoms. The van der Waals surface area contributed by atoms with E-state index >= 15 is 0 Å². The summed E-state index contributed by atoms with van der Waals surface area (Å²) in [6, 6.07) is 4.54. The maximum atomic E-state index is 5.71. The highest BCUT2D eigenvalue weighted by atomic mass is 32.1. The van der Waals surface area contributed by atoms with Crippen LogP contribution in [0, 0.1) is 5.41 Å².